The fourth-order valence-corrected chi connectivity index (χ4v) is 2.63. The second kappa shape index (κ2) is 10.0. The molecule has 0 bridgehead atoms. The number of carbonyl (C=O) groups is 2. The maximum Gasteiger partial charge on any atom is 0.331 e. The van der Waals surface area contributed by atoms with Gasteiger partial charge in [-0.1, -0.05) is 36.4 Å². The van der Waals surface area contributed by atoms with Gasteiger partial charge in [0.1, 0.15) is 6.61 Å². The number of anilines is 1. The van der Waals surface area contributed by atoms with E-state index in [1.807, 2.05) is 18.2 Å². The second-order valence-corrected chi connectivity index (χ2v) is 6.35. The maximum absolute atomic E-state index is 13.7. The third-order valence-corrected chi connectivity index (χ3v) is 4.22. The number of carbonyl (C=O) groups excluding carboxylic acids is 2. The molecule has 0 heterocycles. The predicted molar refractivity (Wildman–Crippen MR) is 113 cm³/mol. The van der Waals surface area contributed by atoms with Gasteiger partial charge in [0.25, 0.3) is 5.91 Å². The monoisotopic (exact) mass is 405 g/mol. The molecule has 6 heteroatoms. The highest BCUT2D eigenvalue weighted by atomic mass is 19.1. The summed E-state index contributed by atoms with van der Waals surface area (Å²) in [6.45, 7) is 0.0563. The number of nitrogens with one attached hydrogen (secondary N) is 1. The quantitative estimate of drug-likeness (QED) is 0.451. The van der Waals surface area contributed by atoms with E-state index in [2.05, 4.69) is 5.32 Å². The Morgan fingerprint density at radius 3 is 2.40 bits per heavy atom. The zero-order valence-electron chi connectivity index (χ0n) is 16.3. The van der Waals surface area contributed by atoms with Crippen LogP contribution in [0.15, 0.2) is 78.9 Å². The molecule has 0 spiro atoms. The summed E-state index contributed by atoms with van der Waals surface area (Å²) in [5.74, 6) is -1.16. The van der Waals surface area contributed by atoms with Crippen LogP contribution in [0, 0.1) is 5.82 Å². The van der Waals surface area contributed by atoms with Gasteiger partial charge in [0, 0.05) is 17.3 Å². The van der Waals surface area contributed by atoms with E-state index >= 15 is 0 Å². The van der Waals surface area contributed by atoms with Gasteiger partial charge in [-0.05, 0) is 53.6 Å². The Kier molecular flexibility index (Phi) is 6.95. The van der Waals surface area contributed by atoms with Gasteiger partial charge in [-0.3, -0.25) is 4.79 Å². The summed E-state index contributed by atoms with van der Waals surface area (Å²) in [5.41, 5.74) is 2.46. The van der Waals surface area contributed by atoms with E-state index in [0.717, 1.165) is 5.56 Å². The molecule has 0 radical (unpaired) electrons. The zero-order chi connectivity index (χ0) is 21.3. The van der Waals surface area contributed by atoms with E-state index in [9.17, 15) is 14.0 Å². The van der Waals surface area contributed by atoms with Gasteiger partial charge in [0.2, 0.25) is 0 Å². The van der Waals surface area contributed by atoms with Crippen LogP contribution in [0.1, 0.15) is 21.5 Å². The Labute approximate surface area is 173 Å². The standard InChI is InChI=1S/C24H20FNO4/c1-29-22-13-9-17(15-21(22)25)10-14-23(27)30-16-18-7-11-19(12-8-18)24(28)26-20-5-3-2-4-6-20/h2-15H,16H2,1H3,(H,26,28)/b14-10+. The molecule has 0 fully saturated rings. The highest BCUT2D eigenvalue weighted by Gasteiger charge is 2.07. The summed E-state index contributed by atoms with van der Waals surface area (Å²) < 4.78 is 23.7. The number of rotatable bonds is 7. The number of ether oxygens (including phenoxy) is 2. The molecule has 0 saturated heterocycles. The zero-order valence-corrected chi connectivity index (χ0v) is 16.3. The van der Waals surface area contributed by atoms with E-state index < -0.39 is 11.8 Å². The summed E-state index contributed by atoms with van der Waals surface area (Å²) >= 11 is 0. The Hall–Kier alpha value is -3.93. The van der Waals surface area contributed by atoms with Crippen LogP contribution in [0.25, 0.3) is 6.08 Å². The largest absolute Gasteiger partial charge is 0.494 e. The number of benzene rings is 3. The Morgan fingerprint density at radius 2 is 1.73 bits per heavy atom. The Morgan fingerprint density at radius 1 is 1.00 bits per heavy atom. The average Bonchev–Trinajstić information content (AvgIpc) is 2.77. The van der Waals surface area contributed by atoms with E-state index in [1.165, 1.54) is 31.4 Å². The summed E-state index contributed by atoms with van der Waals surface area (Å²) in [4.78, 5) is 24.1. The van der Waals surface area contributed by atoms with Crippen LogP contribution in [-0.4, -0.2) is 19.0 Å². The number of hydrogen-bond acceptors (Lipinski definition) is 4. The SMILES string of the molecule is COc1ccc(/C=C/C(=O)OCc2ccc(C(=O)Nc3ccccc3)cc2)cc1F. The van der Waals surface area contributed by atoms with Crippen molar-refractivity contribution in [2.75, 3.05) is 12.4 Å². The fraction of sp³-hybridized carbons (Fsp3) is 0.0833. The molecule has 1 amide bonds. The molecule has 3 rings (SSSR count). The Balaban J connectivity index is 1.51. The van der Waals surface area contributed by atoms with Crippen molar-refractivity contribution in [3.8, 4) is 5.75 Å². The number of esters is 1. The van der Waals surface area contributed by atoms with Gasteiger partial charge in [-0.2, -0.15) is 0 Å². The van der Waals surface area contributed by atoms with Gasteiger partial charge in [-0.25, -0.2) is 9.18 Å². The molecule has 0 aliphatic heterocycles. The van der Waals surface area contributed by atoms with Gasteiger partial charge in [-0.15, -0.1) is 0 Å². The second-order valence-electron chi connectivity index (χ2n) is 6.35. The molecular formula is C24H20FNO4. The molecule has 3 aromatic carbocycles. The van der Waals surface area contributed by atoms with Crippen LogP contribution in [0.4, 0.5) is 10.1 Å². The summed E-state index contributed by atoms with van der Waals surface area (Å²) in [6, 6.07) is 20.3. The third-order valence-electron chi connectivity index (χ3n) is 4.22. The molecule has 30 heavy (non-hydrogen) atoms. The van der Waals surface area contributed by atoms with Crippen molar-refractivity contribution < 1.29 is 23.5 Å². The number of para-hydroxylation sites is 1. The number of methoxy groups -OCH3 is 1. The molecule has 1 N–H and O–H groups in total. The predicted octanol–water partition coefficient (Wildman–Crippen LogP) is 4.84. The van der Waals surface area contributed by atoms with Crippen LogP contribution in [0.2, 0.25) is 0 Å². The van der Waals surface area contributed by atoms with Crippen LogP contribution in [0.5, 0.6) is 5.75 Å². The molecule has 3 aromatic rings. The van der Waals surface area contributed by atoms with Gasteiger partial charge < -0.3 is 14.8 Å². The van der Waals surface area contributed by atoms with Crippen molar-refractivity contribution in [1.29, 1.82) is 0 Å². The normalized spacial score (nSPS) is 10.6. The van der Waals surface area contributed by atoms with Crippen LogP contribution in [0.3, 0.4) is 0 Å². The van der Waals surface area contributed by atoms with Gasteiger partial charge in [0.15, 0.2) is 11.6 Å². The lowest BCUT2D eigenvalue weighted by atomic mass is 10.1. The lowest BCUT2D eigenvalue weighted by Crippen LogP contribution is -2.11. The number of hydrogen-bond donors (Lipinski definition) is 1. The molecule has 0 unspecified atom stereocenters. The van der Waals surface area contributed by atoms with Gasteiger partial charge in [0.05, 0.1) is 7.11 Å². The molecule has 0 aliphatic rings. The lowest BCUT2D eigenvalue weighted by molar-refractivity contribution is -0.138. The van der Waals surface area contributed by atoms with Crippen LogP contribution < -0.4 is 10.1 Å². The van der Waals surface area contributed by atoms with E-state index in [1.54, 1.807) is 42.5 Å². The molecule has 0 saturated carbocycles. The van der Waals surface area contributed by atoms with E-state index in [0.29, 0.717) is 16.8 Å². The first kappa shape index (κ1) is 20.8. The van der Waals surface area contributed by atoms with Crippen molar-refractivity contribution in [3.63, 3.8) is 0 Å². The molecule has 0 atom stereocenters. The smallest absolute Gasteiger partial charge is 0.331 e. The first-order valence-corrected chi connectivity index (χ1v) is 9.19. The summed E-state index contributed by atoms with van der Waals surface area (Å²) in [6.07, 6.45) is 2.69. The van der Waals surface area contributed by atoms with Crippen molar-refractivity contribution in [3.05, 3.63) is 101 Å². The van der Waals surface area contributed by atoms with Crippen LogP contribution >= 0.6 is 0 Å². The van der Waals surface area contributed by atoms with Crippen molar-refractivity contribution in [2.24, 2.45) is 0 Å². The highest BCUT2D eigenvalue weighted by Crippen LogP contribution is 2.18. The minimum atomic E-state index is -0.558. The average molecular weight is 405 g/mol. The lowest BCUT2D eigenvalue weighted by Gasteiger charge is -2.06. The fourth-order valence-electron chi connectivity index (χ4n) is 2.63. The van der Waals surface area contributed by atoms with Crippen molar-refractivity contribution in [2.45, 2.75) is 6.61 Å². The molecular weight excluding hydrogens is 385 g/mol. The summed E-state index contributed by atoms with van der Waals surface area (Å²) in [5, 5.41) is 2.80. The third kappa shape index (κ3) is 5.78. The number of halogens is 1. The van der Waals surface area contributed by atoms with Gasteiger partial charge >= 0.3 is 5.97 Å². The van der Waals surface area contributed by atoms with E-state index in [-0.39, 0.29) is 18.3 Å². The first-order valence-electron chi connectivity index (χ1n) is 9.19. The van der Waals surface area contributed by atoms with Crippen molar-refractivity contribution >= 4 is 23.6 Å². The molecule has 152 valence electrons. The Bertz CT molecular complexity index is 1050. The topological polar surface area (TPSA) is 64.6 Å². The minimum Gasteiger partial charge on any atom is -0.494 e. The first-order chi connectivity index (χ1) is 14.5. The minimum absolute atomic E-state index is 0.0563. The maximum atomic E-state index is 13.7. The summed E-state index contributed by atoms with van der Waals surface area (Å²) in [7, 11) is 1.38. The number of amides is 1. The van der Waals surface area contributed by atoms with Crippen LogP contribution in [-0.2, 0) is 16.1 Å². The molecule has 0 aromatic heterocycles. The molecule has 5 nitrogen and oxygen atoms in total. The van der Waals surface area contributed by atoms with E-state index in [4.69, 9.17) is 9.47 Å². The van der Waals surface area contributed by atoms with Crippen molar-refractivity contribution in [1.82, 2.24) is 0 Å². The molecule has 0 aliphatic carbocycles. The highest BCUT2D eigenvalue weighted by molar-refractivity contribution is 6.04.